The molecule has 1 amide bonds. The summed E-state index contributed by atoms with van der Waals surface area (Å²) in [6.07, 6.45) is -1.14. The first kappa shape index (κ1) is 14.5. The van der Waals surface area contributed by atoms with E-state index >= 15 is 0 Å². The van der Waals surface area contributed by atoms with E-state index in [1.807, 2.05) is 0 Å². The molecule has 0 aromatic heterocycles. The minimum absolute atomic E-state index is 0. The van der Waals surface area contributed by atoms with Crippen LogP contribution >= 0.6 is 12.4 Å². The summed E-state index contributed by atoms with van der Waals surface area (Å²) in [6, 6.07) is -0.844. The second-order valence-corrected chi connectivity index (χ2v) is 3.59. The van der Waals surface area contributed by atoms with E-state index in [0.717, 1.165) is 0 Å². The highest BCUT2D eigenvalue weighted by Gasteiger charge is 2.42. The number of halogens is 3. The molecule has 0 radical (unpaired) electrons. The van der Waals surface area contributed by atoms with E-state index in [4.69, 9.17) is 5.11 Å². The van der Waals surface area contributed by atoms with E-state index in [1.54, 1.807) is 0 Å². The zero-order valence-electron chi connectivity index (χ0n) is 8.30. The van der Waals surface area contributed by atoms with Crippen LogP contribution in [0.4, 0.5) is 8.78 Å². The summed E-state index contributed by atoms with van der Waals surface area (Å²) >= 11 is 0. The van der Waals surface area contributed by atoms with E-state index < -0.39 is 36.9 Å². The highest BCUT2D eigenvalue weighted by molar-refractivity contribution is 5.85. The van der Waals surface area contributed by atoms with Gasteiger partial charge in [-0.1, -0.05) is 0 Å². The summed E-state index contributed by atoms with van der Waals surface area (Å²) in [5, 5.41) is 13.7. The molecule has 0 aromatic rings. The fraction of sp³-hybridized carbons (Fsp3) is 0.875. The number of carbonyl (C=O) groups is 1. The third kappa shape index (κ3) is 4.72. The Kier molecular flexibility index (Phi) is 5.41. The quantitative estimate of drug-likeness (QED) is 0.650. The van der Waals surface area contributed by atoms with Gasteiger partial charge in [0.15, 0.2) is 0 Å². The summed E-state index contributed by atoms with van der Waals surface area (Å²) in [6.45, 7) is 1.14. The predicted molar refractivity (Wildman–Crippen MR) is 53.3 cm³/mol. The van der Waals surface area contributed by atoms with Crippen LogP contribution < -0.4 is 10.6 Å². The Balaban J connectivity index is 0.00000196. The number of amides is 1. The van der Waals surface area contributed by atoms with Crippen molar-refractivity contribution in [2.75, 3.05) is 13.1 Å². The monoisotopic (exact) mass is 244 g/mol. The van der Waals surface area contributed by atoms with Crippen LogP contribution in [0.25, 0.3) is 0 Å². The van der Waals surface area contributed by atoms with Crippen molar-refractivity contribution in [3.8, 4) is 0 Å². The lowest BCUT2D eigenvalue weighted by Crippen LogP contribution is -2.42. The Bertz CT molecular complexity index is 227. The molecule has 4 nitrogen and oxygen atoms in total. The van der Waals surface area contributed by atoms with Crippen molar-refractivity contribution in [2.45, 2.75) is 31.4 Å². The summed E-state index contributed by atoms with van der Waals surface area (Å²) in [7, 11) is 0. The molecule has 0 aliphatic carbocycles. The van der Waals surface area contributed by atoms with Gasteiger partial charge in [-0.25, -0.2) is 8.78 Å². The van der Waals surface area contributed by atoms with Gasteiger partial charge in [-0.05, 0) is 6.92 Å². The fourth-order valence-electron chi connectivity index (χ4n) is 1.27. The van der Waals surface area contributed by atoms with Gasteiger partial charge in [0, 0.05) is 13.0 Å². The third-order valence-electron chi connectivity index (χ3n) is 2.00. The Morgan fingerprint density at radius 2 is 2.33 bits per heavy atom. The van der Waals surface area contributed by atoms with Gasteiger partial charge in [-0.3, -0.25) is 10.1 Å². The summed E-state index contributed by atoms with van der Waals surface area (Å²) in [5.74, 6) is -3.28. The van der Waals surface area contributed by atoms with Gasteiger partial charge in [0.1, 0.15) is 0 Å². The van der Waals surface area contributed by atoms with E-state index in [0.29, 0.717) is 0 Å². The van der Waals surface area contributed by atoms with E-state index in [-0.39, 0.29) is 19.0 Å². The molecule has 2 unspecified atom stereocenters. The predicted octanol–water partition coefficient (Wildman–Crippen LogP) is -0.0976. The largest absolute Gasteiger partial charge is 0.392 e. The summed E-state index contributed by atoms with van der Waals surface area (Å²) in [5.41, 5.74) is 0. The van der Waals surface area contributed by atoms with E-state index in [2.05, 4.69) is 10.6 Å². The van der Waals surface area contributed by atoms with Gasteiger partial charge in [0.05, 0.1) is 18.7 Å². The first-order chi connectivity index (χ1) is 6.41. The zero-order valence-corrected chi connectivity index (χ0v) is 9.11. The maximum Gasteiger partial charge on any atom is 0.262 e. The minimum Gasteiger partial charge on any atom is -0.392 e. The normalized spacial score (nSPS) is 25.5. The Labute approximate surface area is 92.8 Å². The average molecular weight is 245 g/mol. The van der Waals surface area contributed by atoms with Crippen molar-refractivity contribution >= 4 is 18.3 Å². The average Bonchev–Trinajstić information content (AvgIpc) is 2.41. The third-order valence-corrected chi connectivity index (χ3v) is 2.00. The number of aliphatic hydroxyl groups is 1. The number of hydrogen-bond acceptors (Lipinski definition) is 3. The zero-order chi connectivity index (χ0) is 10.8. The summed E-state index contributed by atoms with van der Waals surface area (Å²) in [4.78, 5) is 11.2. The van der Waals surface area contributed by atoms with E-state index in [1.165, 1.54) is 6.92 Å². The molecular formula is C8H15ClF2N2O2. The highest BCUT2D eigenvalue weighted by atomic mass is 35.5. The molecule has 0 saturated carbocycles. The number of carbonyl (C=O) groups excluding carboxylic acids is 1. The van der Waals surface area contributed by atoms with Crippen molar-refractivity contribution in [1.29, 1.82) is 0 Å². The van der Waals surface area contributed by atoms with Gasteiger partial charge >= 0.3 is 0 Å². The maximum atomic E-state index is 12.7. The SMILES string of the molecule is CC(O)CNC(=O)C1CC(F)(F)CN1.Cl. The summed E-state index contributed by atoms with van der Waals surface area (Å²) < 4.78 is 25.3. The standard InChI is InChI=1S/C8H14F2N2O2.ClH/c1-5(13)3-11-7(14)6-2-8(9,10)4-12-6;/h5-6,12-13H,2-4H2,1H3,(H,11,14);1H. The first-order valence-corrected chi connectivity index (χ1v) is 4.48. The molecule has 2 atom stereocenters. The van der Waals surface area contributed by atoms with Crippen LogP contribution in [-0.2, 0) is 4.79 Å². The van der Waals surface area contributed by atoms with Gasteiger partial charge in [-0.2, -0.15) is 0 Å². The smallest absolute Gasteiger partial charge is 0.262 e. The minimum atomic E-state index is -2.80. The van der Waals surface area contributed by atoms with E-state index in [9.17, 15) is 13.6 Å². The van der Waals surface area contributed by atoms with Crippen LogP contribution in [0.1, 0.15) is 13.3 Å². The maximum absolute atomic E-state index is 12.7. The van der Waals surface area contributed by atoms with Crippen LogP contribution in [0.3, 0.4) is 0 Å². The Morgan fingerprint density at radius 1 is 1.73 bits per heavy atom. The van der Waals surface area contributed by atoms with Crippen molar-refractivity contribution in [1.82, 2.24) is 10.6 Å². The molecule has 0 aromatic carbocycles. The van der Waals surface area contributed by atoms with Crippen LogP contribution in [0.5, 0.6) is 0 Å². The highest BCUT2D eigenvalue weighted by Crippen LogP contribution is 2.24. The lowest BCUT2D eigenvalue weighted by atomic mass is 10.2. The molecule has 1 rings (SSSR count). The van der Waals surface area contributed by atoms with Gasteiger partial charge in [0.25, 0.3) is 5.92 Å². The van der Waals surface area contributed by atoms with Crippen LogP contribution in [0.15, 0.2) is 0 Å². The molecule has 1 heterocycles. The van der Waals surface area contributed by atoms with Crippen molar-refractivity contribution in [3.05, 3.63) is 0 Å². The molecule has 15 heavy (non-hydrogen) atoms. The number of nitrogens with one attached hydrogen (secondary N) is 2. The van der Waals surface area contributed by atoms with Gasteiger partial charge < -0.3 is 10.4 Å². The molecule has 3 N–H and O–H groups in total. The molecule has 1 aliphatic rings. The Hall–Kier alpha value is -0.460. The first-order valence-electron chi connectivity index (χ1n) is 4.48. The molecule has 90 valence electrons. The van der Waals surface area contributed by atoms with Crippen LogP contribution in [-0.4, -0.2) is 42.2 Å². The van der Waals surface area contributed by atoms with Gasteiger partial charge in [-0.15, -0.1) is 12.4 Å². The number of alkyl halides is 2. The number of rotatable bonds is 3. The molecule has 7 heteroatoms. The van der Waals surface area contributed by atoms with Crippen molar-refractivity contribution in [2.24, 2.45) is 0 Å². The molecule has 1 fully saturated rings. The molecule has 0 spiro atoms. The number of aliphatic hydroxyl groups excluding tert-OH is 1. The second kappa shape index (κ2) is 5.58. The second-order valence-electron chi connectivity index (χ2n) is 3.59. The van der Waals surface area contributed by atoms with Crippen molar-refractivity contribution in [3.63, 3.8) is 0 Å². The lowest BCUT2D eigenvalue weighted by Gasteiger charge is -2.12. The topological polar surface area (TPSA) is 61.4 Å². The van der Waals surface area contributed by atoms with Crippen LogP contribution in [0, 0.1) is 0 Å². The lowest BCUT2D eigenvalue weighted by molar-refractivity contribution is -0.123. The fourth-order valence-corrected chi connectivity index (χ4v) is 1.27. The van der Waals surface area contributed by atoms with Gasteiger partial charge in [0.2, 0.25) is 5.91 Å². The Morgan fingerprint density at radius 3 is 2.73 bits per heavy atom. The number of hydrogen-bond donors (Lipinski definition) is 3. The molecule has 1 saturated heterocycles. The molecular weight excluding hydrogens is 230 g/mol. The van der Waals surface area contributed by atoms with Crippen molar-refractivity contribution < 1.29 is 18.7 Å². The molecule has 1 aliphatic heterocycles. The van der Waals surface area contributed by atoms with Crippen LogP contribution in [0.2, 0.25) is 0 Å². The molecule has 0 bridgehead atoms.